The zero-order chi connectivity index (χ0) is 17.3. The summed E-state index contributed by atoms with van der Waals surface area (Å²) in [7, 11) is 1.74. The Morgan fingerprint density at radius 3 is 2.83 bits per heavy atom. The third kappa shape index (κ3) is 2.97. The Hall–Kier alpha value is -2.10. The van der Waals surface area contributed by atoms with Crippen LogP contribution < -0.4 is 5.56 Å². The lowest BCUT2D eigenvalue weighted by Gasteiger charge is -2.08. The topological polar surface area (TPSA) is 58.7 Å². The average molecular weight is 355 g/mol. The van der Waals surface area contributed by atoms with Gasteiger partial charge < -0.3 is 0 Å². The first-order valence-corrected chi connectivity index (χ1v) is 9.45. The maximum absolute atomic E-state index is 12.8. The van der Waals surface area contributed by atoms with Gasteiger partial charge in [-0.2, -0.15) is 5.26 Å². The largest absolute Gasteiger partial charge is 0.290 e. The molecule has 6 heteroatoms. The second-order valence-electron chi connectivity index (χ2n) is 5.64. The van der Waals surface area contributed by atoms with Crippen LogP contribution in [0.15, 0.2) is 33.5 Å². The molecule has 0 spiro atoms. The molecule has 0 saturated heterocycles. The number of thioether (sulfide) groups is 1. The molecule has 0 N–H and O–H groups in total. The molecule has 2 aromatic heterocycles. The first-order valence-electron chi connectivity index (χ1n) is 7.58. The number of benzene rings is 1. The van der Waals surface area contributed by atoms with Crippen LogP contribution in [0, 0.1) is 25.2 Å². The molecule has 0 aliphatic heterocycles. The van der Waals surface area contributed by atoms with E-state index in [-0.39, 0.29) is 5.56 Å². The van der Waals surface area contributed by atoms with Gasteiger partial charge in [0.15, 0.2) is 5.16 Å². The molecule has 0 aliphatic rings. The molecule has 0 radical (unpaired) electrons. The van der Waals surface area contributed by atoms with Crippen molar-refractivity contribution in [1.82, 2.24) is 9.55 Å². The van der Waals surface area contributed by atoms with Crippen molar-refractivity contribution in [3.05, 3.63) is 45.1 Å². The van der Waals surface area contributed by atoms with Gasteiger partial charge >= 0.3 is 0 Å². The fourth-order valence-electron chi connectivity index (χ4n) is 2.49. The Bertz CT molecular complexity index is 1010. The van der Waals surface area contributed by atoms with Crippen molar-refractivity contribution in [2.24, 2.45) is 7.05 Å². The Morgan fingerprint density at radius 2 is 2.12 bits per heavy atom. The van der Waals surface area contributed by atoms with Gasteiger partial charge in [-0.3, -0.25) is 9.36 Å². The first-order chi connectivity index (χ1) is 11.5. The third-order valence-electron chi connectivity index (χ3n) is 4.04. The number of thiophene rings is 1. The molecule has 0 fully saturated rings. The van der Waals surface area contributed by atoms with E-state index in [4.69, 9.17) is 5.26 Å². The minimum Gasteiger partial charge on any atom is -0.290 e. The first kappa shape index (κ1) is 16.7. The lowest BCUT2D eigenvalue weighted by Crippen LogP contribution is -2.19. The minimum absolute atomic E-state index is 0.0334. The lowest BCUT2D eigenvalue weighted by molar-refractivity contribution is 0.728. The fraction of sp³-hybridized carbons (Fsp3) is 0.278. The van der Waals surface area contributed by atoms with E-state index in [1.165, 1.54) is 34.2 Å². The number of hydrogen-bond acceptors (Lipinski definition) is 5. The molecule has 0 saturated carbocycles. The maximum atomic E-state index is 12.8. The summed E-state index contributed by atoms with van der Waals surface area (Å²) in [5.74, 6) is 0.637. The molecule has 3 aromatic rings. The van der Waals surface area contributed by atoms with Gasteiger partial charge in [0.05, 0.1) is 11.5 Å². The van der Waals surface area contributed by atoms with Crippen LogP contribution in [0.5, 0.6) is 0 Å². The van der Waals surface area contributed by atoms with Crippen LogP contribution in [0.25, 0.3) is 21.3 Å². The molecular weight excluding hydrogens is 338 g/mol. The minimum atomic E-state index is -0.0334. The zero-order valence-corrected chi connectivity index (χ0v) is 15.4. The number of aryl methyl sites for hydroxylation is 2. The summed E-state index contributed by atoms with van der Waals surface area (Å²) >= 11 is 2.94. The molecule has 2 heterocycles. The van der Waals surface area contributed by atoms with Crippen LogP contribution in [-0.2, 0) is 7.05 Å². The van der Waals surface area contributed by atoms with Crippen LogP contribution >= 0.6 is 23.1 Å². The highest BCUT2D eigenvalue weighted by Crippen LogP contribution is 2.32. The predicted octanol–water partition coefficient (Wildman–Crippen LogP) is 4.28. The van der Waals surface area contributed by atoms with Crippen molar-refractivity contribution in [3.63, 3.8) is 0 Å². The van der Waals surface area contributed by atoms with E-state index in [0.717, 1.165) is 16.0 Å². The lowest BCUT2D eigenvalue weighted by atomic mass is 10.0. The van der Waals surface area contributed by atoms with Gasteiger partial charge in [-0.05, 0) is 30.5 Å². The summed E-state index contributed by atoms with van der Waals surface area (Å²) in [6.07, 6.45) is 0.441. The van der Waals surface area contributed by atoms with Crippen molar-refractivity contribution in [2.75, 3.05) is 5.75 Å². The van der Waals surface area contributed by atoms with Gasteiger partial charge in [0, 0.05) is 30.2 Å². The van der Waals surface area contributed by atoms with Crippen LogP contribution in [0.3, 0.4) is 0 Å². The van der Waals surface area contributed by atoms with Gasteiger partial charge in [-0.15, -0.1) is 11.3 Å². The smallest absolute Gasteiger partial charge is 0.263 e. The second-order valence-corrected chi connectivity index (χ2v) is 7.56. The molecule has 4 nitrogen and oxygen atoms in total. The molecule has 0 amide bonds. The number of fused-ring (bicyclic) bond motifs is 1. The van der Waals surface area contributed by atoms with Crippen molar-refractivity contribution in [3.8, 4) is 17.2 Å². The summed E-state index contributed by atoms with van der Waals surface area (Å²) in [5.41, 5.74) is 4.41. The monoisotopic (exact) mass is 355 g/mol. The van der Waals surface area contributed by atoms with E-state index >= 15 is 0 Å². The number of nitriles is 1. The van der Waals surface area contributed by atoms with E-state index in [0.29, 0.717) is 22.7 Å². The van der Waals surface area contributed by atoms with Gasteiger partial charge in [-0.25, -0.2) is 4.98 Å². The molecule has 0 bridgehead atoms. The molecule has 122 valence electrons. The number of rotatable bonds is 4. The normalized spacial score (nSPS) is 10.9. The van der Waals surface area contributed by atoms with Gasteiger partial charge in [0.1, 0.15) is 4.83 Å². The van der Waals surface area contributed by atoms with Crippen molar-refractivity contribution in [1.29, 1.82) is 5.26 Å². The fourth-order valence-corrected chi connectivity index (χ4v) is 4.30. The average Bonchev–Trinajstić information content (AvgIpc) is 2.99. The quantitative estimate of drug-likeness (QED) is 0.398. The molecule has 0 atom stereocenters. The number of hydrogen-bond donors (Lipinski definition) is 0. The van der Waals surface area contributed by atoms with E-state index in [1.54, 1.807) is 11.6 Å². The van der Waals surface area contributed by atoms with Gasteiger partial charge in [0.25, 0.3) is 5.56 Å². The highest BCUT2D eigenvalue weighted by Gasteiger charge is 2.16. The maximum Gasteiger partial charge on any atom is 0.263 e. The van der Waals surface area contributed by atoms with Crippen LogP contribution in [0.2, 0.25) is 0 Å². The summed E-state index contributed by atoms with van der Waals surface area (Å²) in [4.78, 5) is 18.2. The van der Waals surface area contributed by atoms with E-state index in [2.05, 4.69) is 43.1 Å². The standard InChI is InChI=1S/C18H17N3OS2/c1-11-5-6-13(9-12(11)2)14-10-24-16-15(14)17(22)21(3)18(20-16)23-8-4-7-19/h5-6,9-10H,4,8H2,1-3H3. The predicted molar refractivity (Wildman–Crippen MR) is 101 cm³/mol. The molecule has 1 aromatic carbocycles. The van der Waals surface area contributed by atoms with E-state index < -0.39 is 0 Å². The summed E-state index contributed by atoms with van der Waals surface area (Å²) in [6.45, 7) is 4.16. The molecule has 3 rings (SSSR count). The zero-order valence-electron chi connectivity index (χ0n) is 13.8. The number of aromatic nitrogens is 2. The molecule has 0 unspecified atom stereocenters. The van der Waals surface area contributed by atoms with Crippen molar-refractivity contribution < 1.29 is 0 Å². The van der Waals surface area contributed by atoms with Crippen molar-refractivity contribution in [2.45, 2.75) is 25.4 Å². The summed E-state index contributed by atoms with van der Waals surface area (Å²) in [6, 6.07) is 8.36. The van der Waals surface area contributed by atoms with Crippen LogP contribution in [0.4, 0.5) is 0 Å². The highest BCUT2D eigenvalue weighted by atomic mass is 32.2. The third-order valence-corrected chi connectivity index (χ3v) is 5.94. The molecular formula is C18H17N3OS2. The van der Waals surface area contributed by atoms with Crippen molar-refractivity contribution >= 4 is 33.3 Å². The highest BCUT2D eigenvalue weighted by molar-refractivity contribution is 7.99. The van der Waals surface area contributed by atoms with Crippen LogP contribution in [0.1, 0.15) is 17.5 Å². The van der Waals surface area contributed by atoms with Gasteiger partial charge in [-0.1, -0.05) is 30.0 Å². The second kappa shape index (κ2) is 6.80. The number of nitrogens with zero attached hydrogens (tertiary/aromatic N) is 3. The summed E-state index contributed by atoms with van der Waals surface area (Å²) < 4.78 is 1.58. The van der Waals surface area contributed by atoms with Crippen LogP contribution in [-0.4, -0.2) is 15.3 Å². The van der Waals surface area contributed by atoms with E-state index in [1.807, 2.05) is 5.38 Å². The molecule has 0 aliphatic carbocycles. The molecule has 24 heavy (non-hydrogen) atoms. The SMILES string of the molecule is Cc1ccc(-c2csc3nc(SCCC#N)n(C)c(=O)c23)cc1C. The Balaban J connectivity index is 2.13. The Kier molecular flexibility index (Phi) is 4.74. The summed E-state index contributed by atoms with van der Waals surface area (Å²) in [5, 5.41) is 12.0. The van der Waals surface area contributed by atoms with Gasteiger partial charge in [0.2, 0.25) is 0 Å². The Morgan fingerprint density at radius 1 is 1.33 bits per heavy atom. The van der Waals surface area contributed by atoms with E-state index in [9.17, 15) is 4.79 Å². The Labute approximate surface area is 148 Å².